The number of nitrogens with one attached hydrogen (secondary N) is 1. The third kappa shape index (κ3) is 1.65. The van der Waals surface area contributed by atoms with Gasteiger partial charge in [-0.05, 0) is 37.6 Å². The van der Waals surface area contributed by atoms with E-state index < -0.39 is 0 Å². The maximum atomic E-state index is 13.7. The Morgan fingerprint density at radius 1 is 1.35 bits per heavy atom. The minimum atomic E-state index is -0.233. The van der Waals surface area contributed by atoms with Crippen LogP contribution < -0.4 is 5.32 Å². The first-order valence-corrected chi connectivity index (χ1v) is 5.80. The van der Waals surface area contributed by atoms with Crippen molar-refractivity contribution in [2.75, 3.05) is 6.54 Å². The van der Waals surface area contributed by atoms with Gasteiger partial charge < -0.3 is 5.32 Å². The van der Waals surface area contributed by atoms with Crippen LogP contribution in [0.4, 0.5) is 4.39 Å². The second-order valence-corrected chi connectivity index (χ2v) is 4.30. The van der Waals surface area contributed by atoms with Gasteiger partial charge in [-0.3, -0.25) is 0 Å². The number of aromatic nitrogens is 2. The van der Waals surface area contributed by atoms with E-state index in [1.807, 2.05) is 13.0 Å². The zero-order valence-corrected chi connectivity index (χ0v) is 9.70. The zero-order chi connectivity index (χ0) is 11.8. The van der Waals surface area contributed by atoms with Gasteiger partial charge in [0.2, 0.25) is 0 Å². The second kappa shape index (κ2) is 3.96. The fourth-order valence-corrected chi connectivity index (χ4v) is 2.34. The first kappa shape index (κ1) is 10.5. The molecule has 88 valence electrons. The summed E-state index contributed by atoms with van der Waals surface area (Å²) in [5, 5.41) is 7.77. The molecule has 0 aliphatic carbocycles. The van der Waals surface area contributed by atoms with Gasteiger partial charge in [-0.1, -0.05) is 12.1 Å². The Balaban J connectivity index is 2.16. The number of nitrogens with zero attached hydrogens (tertiary/aromatic N) is 2. The molecule has 0 saturated carbocycles. The monoisotopic (exact) mass is 231 g/mol. The highest BCUT2D eigenvalue weighted by Crippen LogP contribution is 2.22. The molecule has 3 nitrogen and oxygen atoms in total. The minimum Gasteiger partial charge on any atom is -0.311 e. The molecule has 0 radical (unpaired) electrons. The lowest BCUT2D eigenvalue weighted by Gasteiger charge is -2.11. The molecule has 3 rings (SSSR count). The number of hydrogen-bond acceptors (Lipinski definition) is 2. The fraction of sp³-hybridized carbons (Fsp3) is 0.308. The highest BCUT2D eigenvalue weighted by Gasteiger charge is 2.19. The molecule has 0 atom stereocenters. The Hall–Kier alpha value is -1.68. The lowest BCUT2D eigenvalue weighted by atomic mass is 10.1. The van der Waals surface area contributed by atoms with Crippen LogP contribution in [0.1, 0.15) is 17.0 Å². The van der Waals surface area contributed by atoms with Crippen molar-refractivity contribution >= 4 is 0 Å². The Labute approximate surface area is 99.3 Å². The molecule has 2 heterocycles. The van der Waals surface area contributed by atoms with Gasteiger partial charge in [0, 0.05) is 12.2 Å². The largest absolute Gasteiger partial charge is 0.311 e. The van der Waals surface area contributed by atoms with Crippen molar-refractivity contribution in [1.29, 1.82) is 0 Å². The predicted octanol–water partition coefficient (Wildman–Crippen LogP) is 1.97. The van der Waals surface area contributed by atoms with Crippen molar-refractivity contribution in [2.45, 2.75) is 19.9 Å². The van der Waals surface area contributed by atoms with Crippen LogP contribution in [0.3, 0.4) is 0 Å². The molecule has 1 aliphatic heterocycles. The highest BCUT2D eigenvalue weighted by atomic mass is 19.1. The summed E-state index contributed by atoms with van der Waals surface area (Å²) in [4.78, 5) is 0. The number of halogens is 1. The van der Waals surface area contributed by atoms with Crippen molar-refractivity contribution in [3.63, 3.8) is 0 Å². The third-order valence-corrected chi connectivity index (χ3v) is 3.25. The number of fused-ring (bicyclic) bond motifs is 1. The first-order chi connectivity index (χ1) is 8.27. The highest BCUT2D eigenvalue weighted by molar-refractivity contribution is 5.39. The predicted molar refractivity (Wildman–Crippen MR) is 63.7 cm³/mol. The van der Waals surface area contributed by atoms with Crippen molar-refractivity contribution in [1.82, 2.24) is 15.1 Å². The van der Waals surface area contributed by atoms with Crippen molar-refractivity contribution < 1.29 is 4.39 Å². The molecule has 0 spiro atoms. The molecule has 0 bridgehead atoms. The van der Waals surface area contributed by atoms with E-state index in [1.165, 1.54) is 11.6 Å². The van der Waals surface area contributed by atoms with Crippen LogP contribution in [-0.2, 0) is 13.0 Å². The maximum Gasteiger partial charge on any atom is 0.148 e. The van der Waals surface area contributed by atoms with Crippen LogP contribution in [0, 0.1) is 12.7 Å². The molecule has 0 amide bonds. The van der Waals surface area contributed by atoms with Crippen LogP contribution >= 0.6 is 0 Å². The SMILES string of the molecule is Cc1c2c(nn1-c1ccccc1F)CNCC2. The number of hydrogen-bond donors (Lipinski definition) is 1. The normalized spacial score (nSPS) is 14.7. The van der Waals surface area contributed by atoms with Gasteiger partial charge in [0.15, 0.2) is 0 Å². The molecule has 2 aromatic rings. The fourth-order valence-electron chi connectivity index (χ4n) is 2.34. The summed E-state index contributed by atoms with van der Waals surface area (Å²) in [5.41, 5.74) is 3.87. The first-order valence-electron chi connectivity index (χ1n) is 5.80. The van der Waals surface area contributed by atoms with Gasteiger partial charge in [0.25, 0.3) is 0 Å². The van der Waals surface area contributed by atoms with E-state index >= 15 is 0 Å². The van der Waals surface area contributed by atoms with E-state index in [0.717, 1.165) is 30.9 Å². The van der Waals surface area contributed by atoms with Gasteiger partial charge in [0.05, 0.1) is 5.69 Å². The van der Waals surface area contributed by atoms with E-state index in [2.05, 4.69) is 10.4 Å². The molecule has 1 aromatic carbocycles. The molecular formula is C13H14FN3. The van der Waals surface area contributed by atoms with E-state index in [4.69, 9.17) is 0 Å². The molecule has 0 fully saturated rings. The van der Waals surface area contributed by atoms with Crippen LogP contribution in [-0.4, -0.2) is 16.3 Å². The summed E-state index contributed by atoms with van der Waals surface area (Å²) in [6, 6.07) is 6.75. The average Bonchev–Trinajstić information content (AvgIpc) is 2.68. The van der Waals surface area contributed by atoms with Gasteiger partial charge >= 0.3 is 0 Å². The summed E-state index contributed by atoms with van der Waals surface area (Å²) < 4.78 is 15.5. The van der Waals surface area contributed by atoms with E-state index in [0.29, 0.717) is 5.69 Å². The lowest BCUT2D eigenvalue weighted by molar-refractivity contribution is 0.604. The summed E-state index contributed by atoms with van der Waals surface area (Å²) in [7, 11) is 0. The third-order valence-electron chi connectivity index (χ3n) is 3.25. The van der Waals surface area contributed by atoms with E-state index in [9.17, 15) is 4.39 Å². The maximum absolute atomic E-state index is 13.7. The van der Waals surface area contributed by atoms with Crippen molar-refractivity contribution in [3.05, 3.63) is 47.0 Å². The summed E-state index contributed by atoms with van der Waals surface area (Å²) in [5.74, 6) is -0.233. The van der Waals surface area contributed by atoms with Crippen LogP contribution in [0.5, 0.6) is 0 Å². The summed E-state index contributed by atoms with van der Waals surface area (Å²) in [6.45, 7) is 3.75. The molecule has 0 unspecified atom stereocenters. The molecule has 4 heteroatoms. The molecule has 17 heavy (non-hydrogen) atoms. The van der Waals surface area contributed by atoms with E-state index in [-0.39, 0.29) is 5.82 Å². The van der Waals surface area contributed by atoms with Crippen molar-refractivity contribution in [2.24, 2.45) is 0 Å². The topological polar surface area (TPSA) is 29.9 Å². The molecular weight excluding hydrogens is 217 g/mol. The van der Waals surface area contributed by atoms with Crippen LogP contribution in [0.25, 0.3) is 5.69 Å². The lowest BCUT2D eigenvalue weighted by Crippen LogP contribution is -2.23. The zero-order valence-electron chi connectivity index (χ0n) is 9.70. The Morgan fingerprint density at radius 3 is 2.94 bits per heavy atom. The van der Waals surface area contributed by atoms with Gasteiger partial charge in [-0.15, -0.1) is 0 Å². The summed E-state index contributed by atoms with van der Waals surface area (Å²) >= 11 is 0. The standard InChI is InChI=1S/C13H14FN3/c1-9-10-6-7-15-8-12(10)16-17(9)13-5-3-2-4-11(13)14/h2-5,15H,6-8H2,1H3. The Morgan fingerprint density at radius 2 is 2.18 bits per heavy atom. The average molecular weight is 231 g/mol. The molecule has 0 saturated heterocycles. The molecule has 1 N–H and O–H groups in total. The molecule has 1 aromatic heterocycles. The number of rotatable bonds is 1. The molecule has 1 aliphatic rings. The number of para-hydroxylation sites is 1. The van der Waals surface area contributed by atoms with Gasteiger partial charge in [-0.25, -0.2) is 9.07 Å². The Kier molecular flexibility index (Phi) is 2.44. The van der Waals surface area contributed by atoms with Crippen LogP contribution in [0.15, 0.2) is 24.3 Å². The quantitative estimate of drug-likeness (QED) is 0.813. The van der Waals surface area contributed by atoms with Crippen molar-refractivity contribution in [3.8, 4) is 5.69 Å². The summed E-state index contributed by atoms with van der Waals surface area (Å²) in [6.07, 6.45) is 0.968. The van der Waals surface area contributed by atoms with Gasteiger partial charge in [0.1, 0.15) is 11.5 Å². The number of benzene rings is 1. The second-order valence-electron chi connectivity index (χ2n) is 4.30. The van der Waals surface area contributed by atoms with Gasteiger partial charge in [-0.2, -0.15) is 5.10 Å². The minimum absolute atomic E-state index is 0.233. The smallest absolute Gasteiger partial charge is 0.148 e. The Bertz CT molecular complexity index is 560. The van der Waals surface area contributed by atoms with Crippen LogP contribution in [0.2, 0.25) is 0 Å². The van der Waals surface area contributed by atoms with E-state index in [1.54, 1.807) is 16.8 Å².